The highest BCUT2D eigenvalue weighted by molar-refractivity contribution is 6.03. The lowest BCUT2D eigenvalue weighted by atomic mass is 10.2. The fourth-order valence-corrected chi connectivity index (χ4v) is 2.21. The van der Waals surface area contributed by atoms with Crippen LogP contribution >= 0.6 is 0 Å². The summed E-state index contributed by atoms with van der Waals surface area (Å²) in [7, 11) is 1.30. The van der Waals surface area contributed by atoms with Gasteiger partial charge in [-0.15, -0.1) is 0 Å². The number of anilines is 3. The van der Waals surface area contributed by atoms with Crippen molar-refractivity contribution in [2.24, 2.45) is 0 Å². The van der Waals surface area contributed by atoms with E-state index in [-0.39, 0.29) is 5.69 Å². The molecular formula is C18H16N4O4. The monoisotopic (exact) mass is 352 g/mol. The number of carbonyl (C=O) groups excluding carboxylic acids is 2. The molecule has 2 N–H and O–H groups in total. The van der Waals surface area contributed by atoms with Crippen LogP contribution < -0.4 is 10.6 Å². The minimum atomic E-state index is -0.474. The molecule has 2 aromatic heterocycles. The lowest BCUT2D eigenvalue weighted by Crippen LogP contribution is -2.14. The Hall–Kier alpha value is -3.68. The van der Waals surface area contributed by atoms with Gasteiger partial charge in [0.2, 0.25) is 0 Å². The number of hydrogen-bond acceptors (Lipinski definition) is 7. The molecule has 0 bridgehead atoms. The Morgan fingerprint density at radius 2 is 1.96 bits per heavy atom. The molecule has 1 aromatic carbocycles. The Bertz CT molecular complexity index is 934. The number of nitrogens with zero attached hydrogens (tertiary/aromatic N) is 2. The first kappa shape index (κ1) is 17.2. The van der Waals surface area contributed by atoms with Gasteiger partial charge in [0.25, 0.3) is 5.91 Å². The average molecular weight is 352 g/mol. The van der Waals surface area contributed by atoms with Crippen molar-refractivity contribution in [2.75, 3.05) is 17.7 Å². The molecule has 0 spiro atoms. The summed E-state index contributed by atoms with van der Waals surface area (Å²) in [6.45, 7) is 1.79. The third-order valence-electron chi connectivity index (χ3n) is 3.44. The van der Waals surface area contributed by atoms with Crippen molar-refractivity contribution in [3.63, 3.8) is 0 Å². The van der Waals surface area contributed by atoms with E-state index < -0.39 is 11.9 Å². The van der Waals surface area contributed by atoms with Crippen LogP contribution in [0, 0.1) is 6.92 Å². The number of carbonyl (C=O) groups is 2. The summed E-state index contributed by atoms with van der Waals surface area (Å²) in [6.07, 6.45) is 1.52. The summed E-state index contributed by atoms with van der Waals surface area (Å²) in [6, 6.07) is 11.5. The molecule has 0 saturated carbocycles. The first-order valence-corrected chi connectivity index (χ1v) is 7.71. The third kappa shape index (κ3) is 4.04. The number of ether oxygens (including phenoxy) is 1. The Kier molecular flexibility index (Phi) is 4.93. The second kappa shape index (κ2) is 7.47. The predicted molar refractivity (Wildman–Crippen MR) is 94.5 cm³/mol. The highest BCUT2D eigenvalue weighted by Crippen LogP contribution is 2.16. The summed E-state index contributed by atoms with van der Waals surface area (Å²) in [5.41, 5.74) is 1.72. The Balaban J connectivity index is 1.67. The topological polar surface area (TPSA) is 106 Å². The molecule has 2 heterocycles. The summed E-state index contributed by atoms with van der Waals surface area (Å²) in [5.74, 6) is 0.375. The number of hydrogen-bond donors (Lipinski definition) is 2. The van der Waals surface area contributed by atoms with Gasteiger partial charge in [-0.3, -0.25) is 4.79 Å². The number of esters is 1. The van der Waals surface area contributed by atoms with E-state index in [1.165, 1.54) is 19.4 Å². The SMILES string of the molecule is COC(=O)c1cccc(NC(=O)c2ccc(Nc3cc(C)on3)cn2)c1. The zero-order valence-electron chi connectivity index (χ0n) is 14.1. The molecule has 0 atom stereocenters. The van der Waals surface area contributed by atoms with E-state index in [1.54, 1.807) is 43.3 Å². The molecule has 0 radical (unpaired) electrons. The minimum absolute atomic E-state index is 0.232. The van der Waals surface area contributed by atoms with Gasteiger partial charge in [0, 0.05) is 11.8 Å². The maximum Gasteiger partial charge on any atom is 0.337 e. The zero-order valence-corrected chi connectivity index (χ0v) is 14.1. The standard InChI is InChI=1S/C18H16N4O4/c1-11-8-16(22-26-11)20-14-6-7-15(19-10-14)17(23)21-13-5-3-4-12(9-13)18(24)25-2/h3-10H,1-2H3,(H,20,22)(H,21,23). The fourth-order valence-electron chi connectivity index (χ4n) is 2.21. The van der Waals surface area contributed by atoms with Crippen LogP contribution in [0.5, 0.6) is 0 Å². The van der Waals surface area contributed by atoms with E-state index in [9.17, 15) is 9.59 Å². The van der Waals surface area contributed by atoms with Crippen molar-refractivity contribution in [2.45, 2.75) is 6.92 Å². The van der Waals surface area contributed by atoms with E-state index in [0.29, 0.717) is 28.5 Å². The van der Waals surface area contributed by atoms with Gasteiger partial charge in [0.15, 0.2) is 5.82 Å². The van der Waals surface area contributed by atoms with E-state index in [4.69, 9.17) is 4.52 Å². The molecule has 0 aliphatic carbocycles. The molecule has 0 unspecified atom stereocenters. The van der Waals surface area contributed by atoms with Crippen molar-refractivity contribution in [1.29, 1.82) is 0 Å². The largest absolute Gasteiger partial charge is 0.465 e. The first-order valence-electron chi connectivity index (χ1n) is 7.71. The minimum Gasteiger partial charge on any atom is -0.465 e. The van der Waals surface area contributed by atoms with Crippen LogP contribution in [0.2, 0.25) is 0 Å². The van der Waals surface area contributed by atoms with Crippen LogP contribution in [0.25, 0.3) is 0 Å². The molecule has 3 rings (SSSR count). The summed E-state index contributed by atoms with van der Waals surface area (Å²) < 4.78 is 9.63. The number of rotatable bonds is 5. The fraction of sp³-hybridized carbons (Fsp3) is 0.111. The Labute approximate surface area is 149 Å². The highest BCUT2D eigenvalue weighted by Gasteiger charge is 2.11. The van der Waals surface area contributed by atoms with E-state index >= 15 is 0 Å². The van der Waals surface area contributed by atoms with Crippen LogP contribution in [0.15, 0.2) is 53.2 Å². The average Bonchev–Trinajstić information content (AvgIpc) is 3.06. The zero-order chi connectivity index (χ0) is 18.5. The number of amides is 1. The van der Waals surface area contributed by atoms with E-state index in [2.05, 4.69) is 25.5 Å². The maximum atomic E-state index is 12.3. The van der Waals surface area contributed by atoms with Crippen molar-refractivity contribution in [3.8, 4) is 0 Å². The van der Waals surface area contributed by atoms with Gasteiger partial charge >= 0.3 is 5.97 Å². The lowest BCUT2D eigenvalue weighted by Gasteiger charge is -2.07. The lowest BCUT2D eigenvalue weighted by molar-refractivity contribution is 0.0600. The Morgan fingerprint density at radius 3 is 2.62 bits per heavy atom. The highest BCUT2D eigenvalue weighted by atomic mass is 16.5. The van der Waals surface area contributed by atoms with Gasteiger partial charge in [0.05, 0.1) is 24.6 Å². The molecule has 26 heavy (non-hydrogen) atoms. The molecule has 132 valence electrons. The van der Waals surface area contributed by atoms with Gasteiger partial charge in [-0.25, -0.2) is 9.78 Å². The van der Waals surface area contributed by atoms with Gasteiger partial charge in [-0.1, -0.05) is 11.2 Å². The van der Waals surface area contributed by atoms with Gasteiger partial charge in [0.1, 0.15) is 11.5 Å². The predicted octanol–water partition coefficient (Wildman–Crippen LogP) is 3.16. The molecule has 0 saturated heterocycles. The number of nitrogens with one attached hydrogen (secondary N) is 2. The first-order chi connectivity index (χ1) is 12.5. The molecule has 0 aliphatic heterocycles. The number of aryl methyl sites for hydroxylation is 1. The smallest absolute Gasteiger partial charge is 0.337 e. The van der Waals surface area contributed by atoms with Crippen LogP contribution in [0.3, 0.4) is 0 Å². The maximum absolute atomic E-state index is 12.3. The second-order valence-corrected chi connectivity index (χ2v) is 5.41. The Morgan fingerprint density at radius 1 is 1.12 bits per heavy atom. The molecule has 8 heteroatoms. The summed E-state index contributed by atoms with van der Waals surface area (Å²) >= 11 is 0. The quantitative estimate of drug-likeness (QED) is 0.679. The van der Waals surface area contributed by atoms with E-state index in [0.717, 1.165) is 0 Å². The molecule has 0 fully saturated rings. The molecule has 3 aromatic rings. The number of aromatic nitrogens is 2. The normalized spacial score (nSPS) is 10.2. The van der Waals surface area contributed by atoms with Crippen LogP contribution in [0.1, 0.15) is 26.6 Å². The van der Waals surface area contributed by atoms with Gasteiger partial charge in [-0.2, -0.15) is 0 Å². The molecular weight excluding hydrogens is 336 g/mol. The molecule has 0 aliphatic rings. The van der Waals surface area contributed by atoms with Crippen LogP contribution in [-0.4, -0.2) is 29.1 Å². The molecule has 1 amide bonds. The van der Waals surface area contributed by atoms with Crippen molar-refractivity contribution >= 4 is 29.1 Å². The van der Waals surface area contributed by atoms with Crippen molar-refractivity contribution in [1.82, 2.24) is 10.1 Å². The third-order valence-corrected chi connectivity index (χ3v) is 3.44. The number of benzene rings is 1. The molecule has 8 nitrogen and oxygen atoms in total. The van der Waals surface area contributed by atoms with Crippen molar-refractivity contribution in [3.05, 3.63) is 65.7 Å². The van der Waals surface area contributed by atoms with Crippen molar-refractivity contribution < 1.29 is 18.8 Å². The number of pyridine rings is 1. The summed E-state index contributed by atoms with van der Waals surface area (Å²) in [5, 5.41) is 9.53. The van der Waals surface area contributed by atoms with E-state index in [1.807, 2.05) is 0 Å². The van der Waals surface area contributed by atoms with Crippen LogP contribution in [-0.2, 0) is 4.74 Å². The summed E-state index contributed by atoms with van der Waals surface area (Å²) in [4.78, 5) is 28.0. The van der Waals surface area contributed by atoms with Gasteiger partial charge in [-0.05, 0) is 37.3 Å². The van der Waals surface area contributed by atoms with Gasteiger partial charge < -0.3 is 19.9 Å². The van der Waals surface area contributed by atoms with Crippen LogP contribution in [0.4, 0.5) is 17.2 Å². The number of methoxy groups -OCH3 is 1. The second-order valence-electron chi connectivity index (χ2n) is 5.41.